The van der Waals surface area contributed by atoms with E-state index in [1.54, 1.807) is 0 Å². The lowest BCUT2D eigenvalue weighted by Gasteiger charge is -2.06. The highest BCUT2D eigenvalue weighted by molar-refractivity contribution is 5.69. The van der Waals surface area contributed by atoms with E-state index in [-0.39, 0.29) is 5.97 Å². The molecule has 0 aromatic heterocycles. The summed E-state index contributed by atoms with van der Waals surface area (Å²) in [4.78, 5) is 12.0. The molecule has 500 valence electrons. The maximum Gasteiger partial charge on any atom is 0.305 e. The number of hydrogen-bond acceptors (Lipinski definition) is 2. The number of hydrogen-bond donors (Lipinski definition) is 0. The van der Waals surface area contributed by atoms with E-state index >= 15 is 0 Å². The fourth-order valence-electron chi connectivity index (χ4n) is 12.9. The lowest BCUT2D eigenvalue weighted by molar-refractivity contribution is -0.143. The summed E-state index contributed by atoms with van der Waals surface area (Å²) in [5, 5.41) is 0. The molecule has 0 aromatic carbocycles. The summed E-state index contributed by atoms with van der Waals surface area (Å²) in [7, 11) is 0. The molecule has 0 atom stereocenters. The molecule has 0 aliphatic rings. The Morgan fingerprint density at radius 3 is 0.398 bits per heavy atom. The summed E-state index contributed by atoms with van der Waals surface area (Å²) in [6.45, 7) is 9.85. The van der Waals surface area contributed by atoms with E-state index in [2.05, 4.69) is 27.7 Å². The largest absolute Gasteiger partial charge is 0.466 e. The van der Waals surface area contributed by atoms with Gasteiger partial charge in [0.2, 0.25) is 0 Å². The SMILES string of the molecule is CCCCCCCCCCCCCCCCCCCCCCCCCCCCCCC.CCCCCCCCCCCCCCCCCCCCCCCCCCCCCCC(=O)OCCCCCCCCCCCCCCCCCCC. The van der Waals surface area contributed by atoms with Crippen molar-refractivity contribution >= 4 is 5.97 Å². The van der Waals surface area contributed by atoms with Crippen molar-refractivity contribution in [1.29, 1.82) is 0 Å². The van der Waals surface area contributed by atoms with Gasteiger partial charge in [0.25, 0.3) is 0 Å². The monoisotopic (exact) mass is 1170 g/mol. The molecule has 0 aromatic rings. The van der Waals surface area contributed by atoms with Crippen LogP contribution in [-0.2, 0) is 9.53 Å². The Morgan fingerprint density at radius 2 is 0.265 bits per heavy atom. The second-order valence-corrected chi connectivity index (χ2v) is 27.7. The third-order valence-electron chi connectivity index (χ3n) is 19.0. The Morgan fingerprint density at radius 1 is 0.157 bits per heavy atom. The second kappa shape index (κ2) is 83.5. The quantitative estimate of drug-likeness (QED) is 0.0448. The third kappa shape index (κ3) is 85.7. The summed E-state index contributed by atoms with van der Waals surface area (Å²) in [5.41, 5.74) is 0. The van der Waals surface area contributed by atoms with Gasteiger partial charge >= 0.3 is 5.97 Å². The van der Waals surface area contributed by atoms with Gasteiger partial charge in [-0.15, -0.1) is 0 Å². The van der Waals surface area contributed by atoms with Crippen molar-refractivity contribution in [2.75, 3.05) is 6.61 Å². The molecule has 0 aliphatic heterocycles. The predicted molar refractivity (Wildman–Crippen MR) is 380 cm³/mol. The first-order chi connectivity index (χ1) is 41.2. The molecule has 0 heterocycles. The fraction of sp³-hybridized carbons (Fsp3) is 0.988. The highest BCUT2D eigenvalue weighted by atomic mass is 16.5. The smallest absolute Gasteiger partial charge is 0.305 e. The van der Waals surface area contributed by atoms with Gasteiger partial charge in [-0.2, -0.15) is 0 Å². The van der Waals surface area contributed by atoms with E-state index in [0.717, 1.165) is 12.8 Å². The van der Waals surface area contributed by atoms with Crippen LogP contribution in [0.1, 0.15) is 509 Å². The van der Waals surface area contributed by atoms with Crippen LogP contribution in [0, 0.1) is 0 Å². The molecule has 0 rings (SSSR count). The highest BCUT2D eigenvalue weighted by Crippen LogP contribution is 2.20. The van der Waals surface area contributed by atoms with Gasteiger partial charge in [0, 0.05) is 6.42 Å². The van der Waals surface area contributed by atoms with E-state index in [1.807, 2.05) is 0 Å². The van der Waals surface area contributed by atoms with Crippen molar-refractivity contribution in [2.24, 2.45) is 0 Å². The zero-order valence-electron chi connectivity index (χ0n) is 59.1. The summed E-state index contributed by atoms with van der Waals surface area (Å²) < 4.78 is 5.49. The molecule has 0 saturated carbocycles. The molecule has 83 heavy (non-hydrogen) atoms. The average molecular weight is 1170 g/mol. The maximum atomic E-state index is 12.0. The van der Waals surface area contributed by atoms with Gasteiger partial charge in [-0.25, -0.2) is 0 Å². The molecule has 0 unspecified atom stereocenters. The normalized spacial score (nSPS) is 11.5. The summed E-state index contributed by atoms with van der Waals surface area (Å²) >= 11 is 0. The van der Waals surface area contributed by atoms with Crippen LogP contribution in [0.25, 0.3) is 0 Å². The molecule has 0 spiro atoms. The number of carbonyl (C=O) groups is 1. The van der Waals surface area contributed by atoms with Crippen LogP contribution in [0.4, 0.5) is 0 Å². The Bertz CT molecular complexity index is 1040. The summed E-state index contributed by atoms with van der Waals surface area (Å²) in [6.07, 6.45) is 107. The number of rotatable bonds is 75. The number of unbranched alkanes of at least 4 members (excludes halogenated alkanes) is 71. The zero-order valence-corrected chi connectivity index (χ0v) is 59.1. The van der Waals surface area contributed by atoms with Gasteiger partial charge in [0.15, 0.2) is 0 Å². The molecule has 0 radical (unpaired) electrons. The van der Waals surface area contributed by atoms with Gasteiger partial charge < -0.3 is 4.74 Å². The van der Waals surface area contributed by atoms with Gasteiger partial charge in [-0.3, -0.25) is 4.79 Å². The minimum atomic E-state index is 0.0336. The Kier molecular flexibility index (Phi) is 85.1. The molecule has 2 nitrogen and oxygen atoms in total. The van der Waals surface area contributed by atoms with Crippen molar-refractivity contribution in [3.8, 4) is 0 Å². The summed E-state index contributed by atoms with van der Waals surface area (Å²) in [6, 6.07) is 0. The minimum absolute atomic E-state index is 0.0336. The third-order valence-corrected chi connectivity index (χ3v) is 19.0. The number of esters is 1. The number of carbonyl (C=O) groups excluding carboxylic acids is 1. The first-order valence-electron chi connectivity index (χ1n) is 40.4. The average Bonchev–Trinajstić information content (AvgIpc) is 3.49. The predicted octanol–water partition coefficient (Wildman–Crippen LogP) is 30.9. The lowest BCUT2D eigenvalue weighted by Crippen LogP contribution is -2.05. The fourth-order valence-corrected chi connectivity index (χ4v) is 12.9. The van der Waals surface area contributed by atoms with Crippen molar-refractivity contribution in [2.45, 2.75) is 509 Å². The highest BCUT2D eigenvalue weighted by Gasteiger charge is 2.04. The Balaban J connectivity index is 0. The first kappa shape index (κ1) is 84.5. The van der Waals surface area contributed by atoms with Gasteiger partial charge in [0.1, 0.15) is 0 Å². The van der Waals surface area contributed by atoms with Crippen LogP contribution in [0.2, 0.25) is 0 Å². The second-order valence-electron chi connectivity index (χ2n) is 27.7. The van der Waals surface area contributed by atoms with Crippen molar-refractivity contribution < 1.29 is 9.53 Å². The molecule has 0 amide bonds. The van der Waals surface area contributed by atoms with E-state index in [9.17, 15) is 4.79 Å². The molecule has 0 fully saturated rings. The van der Waals surface area contributed by atoms with E-state index < -0.39 is 0 Å². The maximum absolute atomic E-state index is 12.0. The van der Waals surface area contributed by atoms with Gasteiger partial charge in [0.05, 0.1) is 6.61 Å². The Labute approximate surface area is 528 Å². The zero-order chi connectivity index (χ0) is 60.0. The van der Waals surface area contributed by atoms with Gasteiger partial charge in [-0.05, 0) is 12.8 Å². The van der Waals surface area contributed by atoms with Crippen LogP contribution >= 0.6 is 0 Å². The van der Waals surface area contributed by atoms with Crippen molar-refractivity contribution in [1.82, 2.24) is 0 Å². The first-order valence-corrected chi connectivity index (χ1v) is 40.4. The standard InChI is InChI=1S/C50H100O2.C31H64/c1-3-5-7-9-11-13-15-17-19-21-22-23-24-25-26-27-28-29-30-31-32-34-36-38-40-42-44-46-48-50(51)52-49-47-45-43-41-39-37-35-33-20-18-16-14-12-10-8-6-4-2;1-3-5-7-9-11-13-15-17-19-21-23-25-27-29-31-30-28-26-24-22-20-18-16-14-12-10-8-6-4-2/h3-49H2,1-2H3;3-31H2,1-2H3. The summed E-state index contributed by atoms with van der Waals surface area (Å²) in [5.74, 6) is 0.0336. The number of ether oxygens (including phenoxy) is 1. The van der Waals surface area contributed by atoms with E-state index in [1.165, 1.54) is 462 Å². The van der Waals surface area contributed by atoms with E-state index in [4.69, 9.17) is 4.74 Å². The molecular weight excluding hydrogens is 1000 g/mol. The van der Waals surface area contributed by atoms with Crippen molar-refractivity contribution in [3.63, 3.8) is 0 Å². The molecule has 0 saturated heterocycles. The van der Waals surface area contributed by atoms with Crippen LogP contribution in [0.15, 0.2) is 0 Å². The van der Waals surface area contributed by atoms with Crippen molar-refractivity contribution in [3.05, 3.63) is 0 Å². The molecular formula is C81H164O2. The molecule has 2 heteroatoms. The lowest BCUT2D eigenvalue weighted by atomic mass is 10.0. The van der Waals surface area contributed by atoms with E-state index in [0.29, 0.717) is 13.0 Å². The van der Waals surface area contributed by atoms with Gasteiger partial charge in [-0.1, -0.05) is 490 Å². The molecule has 0 aliphatic carbocycles. The van der Waals surface area contributed by atoms with Crippen LogP contribution in [0.5, 0.6) is 0 Å². The Hall–Kier alpha value is -0.530. The van der Waals surface area contributed by atoms with Crippen LogP contribution in [-0.4, -0.2) is 12.6 Å². The van der Waals surface area contributed by atoms with Crippen LogP contribution in [0.3, 0.4) is 0 Å². The topological polar surface area (TPSA) is 26.3 Å². The molecule has 0 N–H and O–H groups in total. The van der Waals surface area contributed by atoms with Crippen LogP contribution < -0.4 is 0 Å². The molecule has 0 bridgehead atoms. The minimum Gasteiger partial charge on any atom is -0.466 e.